The Morgan fingerprint density at radius 2 is 1.90 bits per heavy atom. The highest BCUT2D eigenvalue weighted by Gasteiger charge is 2.18. The lowest BCUT2D eigenvalue weighted by atomic mass is 9.82. The molecule has 2 atom stereocenters. The van der Waals surface area contributed by atoms with Gasteiger partial charge in [-0.25, -0.2) is 9.97 Å². The predicted molar refractivity (Wildman–Crippen MR) is 85.2 cm³/mol. The normalized spacial score (nSPS) is 22.6. The predicted octanol–water partition coefficient (Wildman–Crippen LogP) is 3.71. The molecule has 4 nitrogen and oxygen atoms in total. The largest absolute Gasteiger partial charge is 0.370 e. The Kier molecular flexibility index (Phi) is 5.62. The number of rotatable bonds is 6. The van der Waals surface area contributed by atoms with Crippen LogP contribution in [-0.4, -0.2) is 23.1 Å². The lowest BCUT2D eigenvalue weighted by Crippen LogP contribution is -2.21. The molecule has 112 valence electrons. The van der Waals surface area contributed by atoms with Gasteiger partial charge in [0.25, 0.3) is 0 Å². The zero-order valence-electron chi connectivity index (χ0n) is 13.1. The first-order chi connectivity index (χ1) is 9.71. The van der Waals surface area contributed by atoms with Crippen molar-refractivity contribution in [2.45, 2.75) is 52.9 Å². The van der Waals surface area contributed by atoms with Gasteiger partial charge in [0, 0.05) is 25.6 Å². The Morgan fingerprint density at radius 3 is 2.55 bits per heavy atom. The van der Waals surface area contributed by atoms with Crippen LogP contribution in [0.15, 0.2) is 6.07 Å². The fourth-order valence-corrected chi connectivity index (χ4v) is 3.01. The standard InChI is InChI=1S/C16H28N4/c1-4-14-19-15(17-5-2)10-16(20-14)18-11-13-8-6-7-12(3)9-13/h10,12-13H,4-9,11H2,1-3H3,(H2,17,18,19,20). The maximum Gasteiger partial charge on any atom is 0.132 e. The molecule has 2 N–H and O–H groups in total. The van der Waals surface area contributed by atoms with Crippen LogP contribution in [0.5, 0.6) is 0 Å². The average Bonchev–Trinajstić information content (AvgIpc) is 2.45. The SMILES string of the molecule is CCNc1cc(NCC2CCCC(C)C2)nc(CC)n1. The average molecular weight is 276 g/mol. The highest BCUT2D eigenvalue weighted by molar-refractivity contribution is 5.47. The monoisotopic (exact) mass is 276 g/mol. The highest BCUT2D eigenvalue weighted by atomic mass is 15.1. The van der Waals surface area contributed by atoms with Gasteiger partial charge in [-0.15, -0.1) is 0 Å². The summed E-state index contributed by atoms with van der Waals surface area (Å²) >= 11 is 0. The molecule has 1 fully saturated rings. The molecule has 0 aliphatic heterocycles. The lowest BCUT2D eigenvalue weighted by molar-refractivity contribution is 0.293. The van der Waals surface area contributed by atoms with Crippen LogP contribution in [0.25, 0.3) is 0 Å². The smallest absolute Gasteiger partial charge is 0.132 e. The van der Waals surface area contributed by atoms with E-state index in [0.29, 0.717) is 0 Å². The molecule has 0 radical (unpaired) electrons. The van der Waals surface area contributed by atoms with Crippen LogP contribution >= 0.6 is 0 Å². The van der Waals surface area contributed by atoms with Gasteiger partial charge in [0.2, 0.25) is 0 Å². The van der Waals surface area contributed by atoms with E-state index in [9.17, 15) is 0 Å². The number of aryl methyl sites for hydroxylation is 1. The van der Waals surface area contributed by atoms with Gasteiger partial charge in [0.05, 0.1) is 0 Å². The minimum Gasteiger partial charge on any atom is -0.370 e. The van der Waals surface area contributed by atoms with Gasteiger partial charge in [0.15, 0.2) is 0 Å². The molecule has 1 heterocycles. The van der Waals surface area contributed by atoms with Gasteiger partial charge in [-0.3, -0.25) is 0 Å². The maximum atomic E-state index is 4.58. The summed E-state index contributed by atoms with van der Waals surface area (Å²) in [6.45, 7) is 8.48. The fraction of sp³-hybridized carbons (Fsp3) is 0.750. The van der Waals surface area contributed by atoms with Crippen LogP contribution in [0, 0.1) is 11.8 Å². The molecule has 1 aliphatic carbocycles. The number of hydrogen-bond acceptors (Lipinski definition) is 4. The van der Waals surface area contributed by atoms with Crippen LogP contribution in [0.2, 0.25) is 0 Å². The molecule has 1 aromatic rings. The fourth-order valence-electron chi connectivity index (χ4n) is 3.01. The molecule has 0 saturated heterocycles. The third kappa shape index (κ3) is 4.36. The van der Waals surface area contributed by atoms with E-state index >= 15 is 0 Å². The summed E-state index contributed by atoms with van der Waals surface area (Å²) in [5, 5.41) is 6.79. The van der Waals surface area contributed by atoms with Crippen molar-refractivity contribution in [2.75, 3.05) is 23.7 Å². The van der Waals surface area contributed by atoms with Gasteiger partial charge in [-0.2, -0.15) is 0 Å². The number of aromatic nitrogens is 2. The van der Waals surface area contributed by atoms with E-state index in [1.165, 1.54) is 25.7 Å². The Hall–Kier alpha value is -1.32. The molecular weight excluding hydrogens is 248 g/mol. The molecule has 1 saturated carbocycles. The molecule has 0 amide bonds. The van der Waals surface area contributed by atoms with Crippen molar-refractivity contribution < 1.29 is 0 Å². The number of nitrogens with zero attached hydrogens (tertiary/aromatic N) is 2. The summed E-state index contributed by atoms with van der Waals surface area (Å²) in [6.07, 6.45) is 6.34. The van der Waals surface area contributed by atoms with Gasteiger partial charge >= 0.3 is 0 Å². The first-order valence-corrected chi connectivity index (χ1v) is 8.07. The quantitative estimate of drug-likeness (QED) is 0.831. The van der Waals surface area contributed by atoms with E-state index in [2.05, 4.69) is 41.4 Å². The molecule has 2 unspecified atom stereocenters. The molecular formula is C16H28N4. The second-order valence-electron chi connectivity index (χ2n) is 5.96. The lowest BCUT2D eigenvalue weighted by Gasteiger charge is -2.27. The molecule has 1 aliphatic rings. The van der Waals surface area contributed by atoms with Crippen molar-refractivity contribution in [3.05, 3.63) is 11.9 Å². The Labute approximate surface area is 122 Å². The number of anilines is 2. The third-order valence-corrected chi connectivity index (χ3v) is 4.06. The summed E-state index contributed by atoms with van der Waals surface area (Å²) in [7, 11) is 0. The summed E-state index contributed by atoms with van der Waals surface area (Å²) in [4.78, 5) is 9.06. The van der Waals surface area contributed by atoms with Crippen molar-refractivity contribution >= 4 is 11.6 Å². The third-order valence-electron chi connectivity index (χ3n) is 4.06. The van der Waals surface area contributed by atoms with Crippen LogP contribution in [0.4, 0.5) is 11.6 Å². The summed E-state index contributed by atoms with van der Waals surface area (Å²) in [6, 6.07) is 2.02. The summed E-state index contributed by atoms with van der Waals surface area (Å²) < 4.78 is 0. The Morgan fingerprint density at radius 1 is 1.15 bits per heavy atom. The van der Waals surface area contributed by atoms with Crippen LogP contribution < -0.4 is 10.6 Å². The minimum absolute atomic E-state index is 0.793. The second-order valence-corrected chi connectivity index (χ2v) is 5.96. The van der Waals surface area contributed by atoms with Gasteiger partial charge < -0.3 is 10.6 Å². The van der Waals surface area contributed by atoms with Crippen LogP contribution in [-0.2, 0) is 6.42 Å². The minimum atomic E-state index is 0.793. The summed E-state index contributed by atoms with van der Waals surface area (Å²) in [5.41, 5.74) is 0. The molecule has 0 bridgehead atoms. The maximum absolute atomic E-state index is 4.58. The first-order valence-electron chi connectivity index (χ1n) is 8.07. The molecule has 0 spiro atoms. The molecule has 4 heteroatoms. The van der Waals surface area contributed by atoms with Gasteiger partial charge in [-0.05, 0) is 31.6 Å². The van der Waals surface area contributed by atoms with E-state index in [-0.39, 0.29) is 0 Å². The molecule has 20 heavy (non-hydrogen) atoms. The van der Waals surface area contributed by atoms with E-state index < -0.39 is 0 Å². The van der Waals surface area contributed by atoms with E-state index in [4.69, 9.17) is 0 Å². The van der Waals surface area contributed by atoms with E-state index in [1.807, 2.05) is 6.07 Å². The van der Waals surface area contributed by atoms with Gasteiger partial charge in [-0.1, -0.05) is 26.7 Å². The molecule has 1 aromatic heterocycles. The molecule has 2 rings (SSSR count). The second kappa shape index (κ2) is 7.46. The van der Waals surface area contributed by atoms with Crippen LogP contribution in [0.3, 0.4) is 0 Å². The zero-order valence-corrected chi connectivity index (χ0v) is 13.1. The van der Waals surface area contributed by atoms with Crippen molar-refractivity contribution in [3.63, 3.8) is 0 Å². The molecule has 0 aromatic carbocycles. The topological polar surface area (TPSA) is 49.8 Å². The van der Waals surface area contributed by atoms with E-state index in [0.717, 1.165) is 48.8 Å². The van der Waals surface area contributed by atoms with E-state index in [1.54, 1.807) is 0 Å². The van der Waals surface area contributed by atoms with Crippen molar-refractivity contribution in [1.29, 1.82) is 0 Å². The highest BCUT2D eigenvalue weighted by Crippen LogP contribution is 2.28. The van der Waals surface area contributed by atoms with Crippen LogP contribution in [0.1, 0.15) is 52.3 Å². The zero-order chi connectivity index (χ0) is 14.4. The summed E-state index contributed by atoms with van der Waals surface area (Å²) in [5.74, 6) is 4.47. The first kappa shape index (κ1) is 15.1. The van der Waals surface area contributed by atoms with Gasteiger partial charge in [0.1, 0.15) is 17.5 Å². The number of hydrogen-bond donors (Lipinski definition) is 2. The number of nitrogens with one attached hydrogen (secondary N) is 2. The van der Waals surface area contributed by atoms with Crippen molar-refractivity contribution in [2.24, 2.45) is 11.8 Å². The van der Waals surface area contributed by atoms with Crippen molar-refractivity contribution in [1.82, 2.24) is 9.97 Å². The Bertz CT molecular complexity index is 419. The Balaban J connectivity index is 1.95. The van der Waals surface area contributed by atoms with Crippen molar-refractivity contribution in [3.8, 4) is 0 Å².